The molecule has 0 bridgehead atoms. The summed E-state index contributed by atoms with van der Waals surface area (Å²) in [7, 11) is 0. The molecule has 0 spiro atoms. The summed E-state index contributed by atoms with van der Waals surface area (Å²) in [5.74, 6) is -2.27. The van der Waals surface area contributed by atoms with Crippen molar-refractivity contribution in [1.29, 1.82) is 0 Å². The first kappa shape index (κ1) is 16.3. The number of carbonyl (C=O) groups is 2. The minimum Gasteiger partial charge on any atom is -0.480 e. The summed E-state index contributed by atoms with van der Waals surface area (Å²) in [6.07, 6.45) is 1.66. The molecule has 2 heterocycles. The molecule has 122 valence electrons. The van der Waals surface area contributed by atoms with Crippen molar-refractivity contribution in [3.05, 3.63) is 22.2 Å². The normalized spacial score (nSPS) is 13.5. The lowest BCUT2D eigenvalue weighted by Crippen LogP contribution is -2.45. The molecule has 0 radical (unpaired) electrons. The second-order valence-electron chi connectivity index (χ2n) is 5.05. The summed E-state index contributed by atoms with van der Waals surface area (Å²) in [5.41, 5.74) is 4.54. The number of H-pyrrole nitrogens is 1. The van der Waals surface area contributed by atoms with Crippen LogP contribution in [-0.4, -0.2) is 43.0 Å². The van der Waals surface area contributed by atoms with Crippen molar-refractivity contribution in [2.75, 3.05) is 5.73 Å². The molecule has 2 atom stereocenters. The van der Waals surface area contributed by atoms with Gasteiger partial charge in [-0.1, -0.05) is 20.3 Å². The van der Waals surface area contributed by atoms with Crippen molar-refractivity contribution in [2.45, 2.75) is 26.3 Å². The fraction of sp³-hybridized carbons (Fsp3) is 0.385. The molecule has 0 aliphatic carbocycles. The molecule has 1 amide bonds. The number of anilines is 1. The first-order chi connectivity index (χ1) is 10.8. The van der Waals surface area contributed by atoms with Crippen LogP contribution in [0.1, 0.15) is 30.8 Å². The van der Waals surface area contributed by atoms with Crippen LogP contribution in [0.5, 0.6) is 0 Å². The molecule has 23 heavy (non-hydrogen) atoms. The molecular weight excluding hydrogens is 304 g/mol. The maximum absolute atomic E-state index is 12.2. The van der Waals surface area contributed by atoms with Crippen LogP contribution in [0.2, 0.25) is 0 Å². The topological polar surface area (TPSA) is 164 Å². The van der Waals surface area contributed by atoms with Crippen molar-refractivity contribution in [1.82, 2.24) is 25.3 Å². The maximum Gasteiger partial charge on any atom is 0.326 e. The summed E-state index contributed by atoms with van der Waals surface area (Å²) in [6.45, 7) is 3.54. The monoisotopic (exact) mass is 320 g/mol. The number of rotatable bonds is 5. The molecule has 0 unspecified atom stereocenters. The number of nitrogens with two attached hydrogens (primary N) is 1. The SMILES string of the molecule is CC[C@@H](C)[C@@H](NC(=O)c1cnc2c(=O)[nH]c(N)nc2n1)C(=O)O. The summed E-state index contributed by atoms with van der Waals surface area (Å²) in [6, 6.07) is -1.05. The van der Waals surface area contributed by atoms with Crippen molar-refractivity contribution in [2.24, 2.45) is 5.92 Å². The number of nitrogens with one attached hydrogen (secondary N) is 2. The quantitative estimate of drug-likeness (QED) is 0.573. The largest absolute Gasteiger partial charge is 0.480 e. The van der Waals surface area contributed by atoms with E-state index in [4.69, 9.17) is 5.73 Å². The Morgan fingerprint density at radius 2 is 2.13 bits per heavy atom. The van der Waals surface area contributed by atoms with Gasteiger partial charge in [-0.2, -0.15) is 4.98 Å². The lowest BCUT2D eigenvalue weighted by molar-refractivity contribution is -0.140. The lowest BCUT2D eigenvalue weighted by atomic mass is 9.99. The Morgan fingerprint density at radius 3 is 2.74 bits per heavy atom. The summed E-state index contributed by atoms with van der Waals surface area (Å²) in [4.78, 5) is 48.8. The first-order valence-electron chi connectivity index (χ1n) is 6.89. The van der Waals surface area contributed by atoms with E-state index in [-0.39, 0.29) is 28.7 Å². The van der Waals surface area contributed by atoms with Gasteiger partial charge in [0.05, 0.1) is 6.20 Å². The van der Waals surface area contributed by atoms with Gasteiger partial charge in [0.15, 0.2) is 11.2 Å². The zero-order valence-electron chi connectivity index (χ0n) is 12.5. The Kier molecular flexibility index (Phi) is 4.53. The summed E-state index contributed by atoms with van der Waals surface area (Å²) < 4.78 is 0. The average Bonchev–Trinajstić information content (AvgIpc) is 2.50. The van der Waals surface area contributed by atoms with Crippen LogP contribution in [0.15, 0.2) is 11.0 Å². The third-order valence-corrected chi connectivity index (χ3v) is 3.44. The number of hydrogen-bond acceptors (Lipinski definition) is 7. The number of fused-ring (bicyclic) bond motifs is 1. The highest BCUT2D eigenvalue weighted by Gasteiger charge is 2.26. The van der Waals surface area contributed by atoms with Crippen molar-refractivity contribution >= 4 is 29.0 Å². The number of nitrogen functional groups attached to an aromatic ring is 1. The van der Waals surface area contributed by atoms with Crippen LogP contribution in [0, 0.1) is 5.92 Å². The minimum atomic E-state index is -1.14. The number of amides is 1. The molecule has 0 aliphatic heterocycles. The van der Waals surface area contributed by atoms with Crippen LogP contribution < -0.4 is 16.6 Å². The second-order valence-corrected chi connectivity index (χ2v) is 5.05. The number of aliphatic carboxylic acids is 1. The minimum absolute atomic E-state index is 0.0625. The fourth-order valence-electron chi connectivity index (χ4n) is 1.94. The standard InChI is InChI=1S/C13H16N6O4/c1-3-5(2)7(12(22)23)17-10(20)6-4-15-8-9(16-6)18-13(14)19-11(8)21/h4-5,7H,3H2,1-2H3,(H,17,20)(H,22,23)(H3,14,16,18,19,21)/t5-,7-/m1/s1. The highest BCUT2D eigenvalue weighted by atomic mass is 16.4. The van der Waals surface area contributed by atoms with Gasteiger partial charge in [0.25, 0.3) is 11.5 Å². The Balaban J connectivity index is 2.34. The number of hydrogen-bond donors (Lipinski definition) is 4. The zero-order valence-corrected chi connectivity index (χ0v) is 12.5. The van der Waals surface area contributed by atoms with E-state index in [9.17, 15) is 19.5 Å². The predicted octanol–water partition coefficient (Wildman–Crippen LogP) is -0.476. The zero-order chi connectivity index (χ0) is 17.1. The van der Waals surface area contributed by atoms with Gasteiger partial charge in [-0.05, 0) is 5.92 Å². The number of carbonyl (C=O) groups excluding carboxylic acids is 1. The van der Waals surface area contributed by atoms with E-state index in [0.717, 1.165) is 6.20 Å². The second kappa shape index (κ2) is 6.38. The Bertz CT molecular complexity index is 818. The number of aromatic amines is 1. The van der Waals surface area contributed by atoms with Crippen LogP contribution in [-0.2, 0) is 4.79 Å². The Morgan fingerprint density at radius 1 is 1.43 bits per heavy atom. The van der Waals surface area contributed by atoms with Gasteiger partial charge in [0.1, 0.15) is 11.7 Å². The molecule has 10 heteroatoms. The molecule has 2 aromatic rings. The van der Waals surface area contributed by atoms with Gasteiger partial charge < -0.3 is 16.2 Å². The molecule has 2 aromatic heterocycles. The van der Waals surface area contributed by atoms with Crippen LogP contribution in [0.25, 0.3) is 11.2 Å². The van der Waals surface area contributed by atoms with E-state index in [1.807, 2.05) is 6.92 Å². The first-order valence-corrected chi connectivity index (χ1v) is 6.89. The Labute approximate surface area is 130 Å². The van der Waals surface area contributed by atoms with Crippen LogP contribution in [0.4, 0.5) is 5.95 Å². The molecule has 0 saturated carbocycles. The number of carboxylic acid groups (broad SMARTS) is 1. The predicted molar refractivity (Wildman–Crippen MR) is 80.7 cm³/mol. The van der Waals surface area contributed by atoms with Gasteiger partial charge in [-0.15, -0.1) is 0 Å². The highest BCUT2D eigenvalue weighted by molar-refractivity contribution is 5.95. The van der Waals surface area contributed by atoms with Gasteiger partial charge in [-0.25, -0.2) is 14.8 Å². The molecule has 0 aliphatic rings. The maximum atomic E-state index is 12.2. The number of nitrogens with zero attached hydrogens (tertiary/aromatic N) is 3. The number of aromatic nitrogens is 4. The van der Waals surface area contributed by atoms with Gasteiger partial charge in [-0.3, -0.25) is 14.6 Å². The van der Waals surface area contributed by atoms with E-state index in [1.165, 1.54) is 0 Å². The average molecular weight is 320 g/mol. The third kappa shape index (κ3) is 3.42. The molecule has 5 N–H and O–H groups in total. The van der Waals surface area contributed by atoms with E-state index in [1.54, 1.807) is 6.92 Å². The van der Waals surface area contributed by atoms with Gasteiger partial charge in [0.2, 0.25) is 5.95 Å². The molecule has 0 aromatic carbocycles. The van der Waals surface area contributed by atoms with Gasteiger partial charge in [0, 0.05) is 0 Å². The fourth-order valence-corrected chi connectivity index (χ4v) is 1.94. The Hall–Kier alpha value is -3.04. The molecule has 2 rings (SSSR count). The molecule has 0 fully saturated rings. The van der Waals surface area contributed by atoms with Gasteiger partial charge >= 0.3 is 5.97 Å². The molecular formula is C13H16N6O4. The highest BCUT2D eigenvalue weighted by Crippen LogP contribution is 2.09. The third-order valence-electron chi connectivity index (χ3n) is 3.44. The van der Waals surface area contributed by atoms with E-state index < -0.39 is 23.5 Å². The molecule has 10 nitrogen and oxygen atoms in total. The van der Waals surface area contributed by atoms with Crippen LogP contribution in [0.3, 0.4) is 0 Å². The van der Waals surface area contributed by atoms with Crippen molar-refractivity contribution in [3.8, 4) is 0 Å². The van der Waals surface area contributed by atoms with E-state index in [0.29, 0.717) is 6.42 Å². The number of carboxylic acids is 1. The van der Waals surface area contributed by atoms with Crippen molar-refractivity contribution in [3.63, 3.8) is 0 Å². The van der Waals surface area contributed by atoms with E-state index >= 15 is 0 Å². The summed E-state index contributed by atoms with van der Waals surface area (Å²) >= 11 is 0. The smallest absolute Gasteiger partial charge is 0.326 e. The molecule has 0 saturated heterocycles. The van der Waals surface area contributed by atoms with E-state index in [2.05, 4.69) is 25.3 Å². The van der Waals surface area contributed by atoms with Crippen molar-refractivity contribution < 1.29 is 14.7 Å². The summed E-state index contributed by atoms with van der Waals surface area (Å²) in [5, 5.41) is 11.6. The lowest BCUT2D eigenvalue weighted by Gasteiger charge is -2.19. The van der Waals surface area contributed by atoms with Crippen LogP contribution >= 0.6 is 0 Å².